The summed E-state index contributed by atoms with van der Waals surface area (Å²) in [6.45, 7) is 0.855. The predicted molar refractivity (Wildman–Crippen MR) is 98.1 cm³/mol. The minimum Gasteiger partial charge on any atom is -0.493 e. The van der Waals surface area contributed by atoms with Crippen molar-refractivity contribution < 1.29 is 27.4 Å². The minimum atomic E-state index is -3.32. The van der Waals surface area contributed by atoms with E-state index in [1.807, 2.05) is 0 Å². The Morgan fingerprint density at radius 1 is 1.15 bits per heavy atom. The highest BCUT2D eigenvalue weighted by atomic mass is 32.2. The van der Waals surface area contributed by atoms with Crippen molar-refractivity contribution >= 4 is 21.6 Å². The molecular weight excluding hydrogens is 360 g/mol. The minimum absolute atomic E-state index is 0.0357. The van der Waals surface area contributed by atoms with E-state index in [0.29, 0.717) is 43.1 Å². The van der Waals surface area contributed by atoms with Gasteiger partial charge in [0.2, 0.25) is 15.9 Å². The second kappa shape index (κ2) is 9.20. The predicted octanol–water partition coefficient (Wildman–Crippen LogP) is 1.33. The number of hydrogen-bond acceptors (Lipinski definition) is 6. The van der Waals surface area contributed by atoms with E-state index in [4.69, 9.17) is 14.2 Å². The smallest absolute Gasteiger partial charge is 0.227 e. The Labute approximate surface area is 154 Å². The number of sulfonamides is 1. The number of ether oxygens (including phenoxy) is 3. The van der Waals surface area contributed by atoms with E-state index >= 15 is 0 Å². The summed E-state index contributed by atoms with van der Waals surface area (Å²) >= 11 is 0. The maximum Gasteiger partial charge on any atom is 0.227 e. The van der Waals surface area contributed by atoms with Gasteiger partial charge < -0.3 is 19.5 Å². The molecule has 1 aliphatic rings. The van der Waals surface area contributed by atoms with Crippen LogP contribution in [-0.2, 0) is 19.6 Å². The van der Waals surface area contributed by atoms with Gasteiger partial charge in [-0.3, -0.25) is 4.79 Å². The molecule has 0 radical (unpaired) electrons. The Hall–Kier alpha value is -1.84. The first-order chi connectivity index (χ1) is 12.4. The fourth-order valence-electron chi connectivity index (χ4n) is 2.87. The molecule has 1 aromatic rings. The van der Waals surface area contributed by atoms with Gasteiger partial charge in [0.25, 0.3) is 0 Å². The summed E-state index contributed by atoms with van der Waals surface area (Å²) in [6.07, 6.45) is 0.983. The van der Waals surface area contributed by atoms with Crippen LogP contribution in [0.2, 0.25) is 0 Å². The van der Waals surface area contributed by atoms with Crippen molar-refractivity contribution in [1.29, 1.82) is 0 Å². The normalized spacial score (nSPS) is 16.3. The summed E-state index contributed by atoms with van der Waals surface area (Å²) in [7, 11) is 1.23. The quantitative estimate of drug-likeness (QED) is 0.724. The molecule has 1 saturated heterocycles. The maximum atomic E-state index is 12.5. The molecule has 1 aromatic carbocycles. The fraction of sp³-hybridized carbons (Fsp3) is 0.588. The van der Waals surface area contributed by atoms with E-state index in [9.17, 15) is 13.2 Å². The number of rotatable bonds is 8. The number of nitrogens with one attached hydrogen (secondary N) is 1. The number of hydrogen-bond donors (Lipinski definition) is 1. The second-order valence-electron chi connectivity index (χ2n) is 6.04. The van der Waals surface area contributed by atoms with E-state index in [0.717, 1.165) is 0 Å². The highest BCUT2D eigenvalue weighted by molar-refractivity contribution is 7.89. The van der Waals surface area contributed by atoms with Crippen molar-refractivity contribution in [3.05, 3.63) is 18.2 Å². The topological polar surface area (TPSA) is 94.2 Å². The Morgan fingerprint density at radius 2 is 1.81 bits per heavy atom. The zero-order valence-electron chi connectivity index (χ0n) is 15.4. The third-order valence-electron chi connectivity index (χ3n) is 4.41. The Bertz CT molecular complexity index is 714. The lowest BCUT2D eigenvalue weighted by Gasteiger charge is -2.30. The first-order valence-corrected chi connectivity index (χ1v) is 10.0. The molecule has 0 saturated carbocycles. The summed E-state index contributed by atoms with van der Waals surface area (Å²) in [5.41, 5.74) is 0.614. The van der Waals surface area contributed by atoms with Crippen LogP contribution in [0.25, 0.3) is 0 Å². The van der Waals surface area contributed by atoms with Crippen molar-refractivity contribution in [2.75, 3.05) is 52.1 Å². The van der Waals surface area contributed by atoms with Gasteiger partial charge in [-0.05, 0) is 25.0 Å². The van der Waals surface area contributed by atoms with Gasteiger partial charge in [0.05, 0.1) is 26.6 Å². The number of anilines is 1. The van der Waals surface area contributed by atoms with E-state index in [1.54, 1.807) is 25.3 Å². The maximum absolute atomic E-state index is 12.5. The molecule has 1 N–H and O–H groups in total. The second-order valence-corrected chi connectivity index (χ2v) is 8.13. The number of piperidine rings is 1. The van der Waals surface area contributed by atoms with Crippen molar-refractivity contribution in [1.82, 2.24) is 4.31 Å². The van der Waals surface area contributed by atoms with Gasteiger partial charge in [0.1, 0.15) is 0 Å². The van der Waals surface area contributed by atoms with Gasteiger partial charge in [-0.15, -0.1) is 0 Å². The molecule has 9 heteroatoms. The van der Waals surface area contributed by atoms with Crippen LogP contribution >= 0.6 is 0 Å². The average Bonchev–Trinajstić information content (AvgIpc) is 2.66. The Morgan fingerprint density at radius 3 is 2.38 bits per heavy atom. The monoisotopic (exact) mass is 386 g/mol. The van der Waals surface area contributed by atoms with Gasteiger partial charge in [-0.2, -0.15) is 0 Å². The molecule has 0 aliphatic carbocycles. The van der Waals surface area contributed by atoms with Crippen LogP contribution in [0.5, 0.6) is 11.5 Å². The fourth-order valence-corrected chi connectivity index (χ4v) is 4.27. The molecule has 0 unspecified atom stereocenters. The first kappa shape index (κ1) is 20.5. The zero-order valence-corrected chi connectivity index (χ0v) is 16.2. The molecule has 26 heavy (non-hydrogen) atoms. The van der Waals surface area contributed by atoms with E-state index < -0.39 is 10.0 Å². The van der Waals surface area contributed by atoms with Gasteiger partial charge in [-0.25, -0.2) is 12.7 Å². The van der Waals surface area contributed by atoms with Gasteiger partial charge >= 0.3 is 0 Å². The van der Waals surface area contributed by atoms with Crippen molar-refractivity contribution in [2.45, 2.75) is 12.8 Å². The molecular formula is C17H26N2O6S. The molecule has 0 bridgehead atoms. The zero-order chi connectivity index (χ0) is 19.2. The molecule has 1 heterocycles. The molecule has 1 aliphatic heterocycles. The number of carbonyl (C=O) groups is 1. The van der Waals surface area contributed by atoms with Crippen molar-refractivity contribution in [2.24, 2.45) is 5.92 Å². The number of amides is 1. The summed E-state index contributed by atoms with van der Waals surface area (Å²) in [5.74, 6) is 0.735. The summed E-state index contributed by atoms with van der Waals surface area (Å²) in [6, 6.07) is 5.16. The molecule has 0 aromatic heterocycles. The lowest BCUT2D eigenvalue weighted by atomic mass is 9.97. The van der Waals surface area contributed by atoms with Crippen LogP contribution in [0.15, 0.2) is 18.2 Å². The Kier molecular flexibility index (Phi) is 7.24. The van der Waals surface area contributed by atoms with Crippen LogP contribution in [0, 0.1) is 5.92 Å². The SMILES string of the molecule is COCCS(=O)(=O)N1CCC(C(=O)Nc2ccc(OC)c(OC)c2)CC1. The largest absolute Gasteiger partial charge is 0.493 e. The summed E-state index contributed by atoms with van der Waals surface area (Å²) in [4.78, 5) is 12.5. The van der Waals surface area contributed by atoms with Gasteiger partial charge in [0.15, 0.2) is 11.5 Å². The van der Waals surface area contributed by atoms with E-state index in [-0.39, 0.29) is 24.2 Å². The van der Waals surface area contributed by atoms with Crippen molar-refractivity contribution in [3.8, 4) is 11.5 Å². The van der Waals surface area contributed by atoms with Gasteiger partial charge in [-0.1, -0.05) is 0 Å². The standard InChI is InChI=1S/C17H26N2O6S/c1-23-10-11-26(21,22)19-8-6-13(7-9-19)17(20)18-14-4-5-15(24-2)16(12-14)25-3/h4-5,12-13H,6-11H2,1-3H3,(H,18,20). The molecule has 1 fully saturated rings. The van der Waals surface area contributed by atoms with Crippen LogP contribution in [-0.4, -0.2) is 65.4 Å². The molecule has 2 rings (SSSR count). The van der Waals surface area contributed by atoms with E-state index in [2.05, 4.69) is 5.32 Å². The van der Waals surface area contributed by atoms with Crippen LogP contribution in [0.3, 0.4) is 0 Å². The number of methoxy groups -OCH3 is 3. The van der Waals surface area contributed by atoms with E-state index in [1.165, 1.54) is 18.5 Å². The molecule has 146 valence electrons. The highest BCUT2D eigenvalue weighted by Crippen LogP contribution is 2.30. The third-order valence-corrected chi connectivity index (χ3v) is 6.25. The lowest BCUT2D eigenvalue weighted by Crippen LogP contribution is -2.42. The van der Waals surface area contributed by atoms with Crippen LogP contribution in [0.4, 0.5) is 5.69 Å². The highest BCUT2D eigenvalue weighted by Gasteiger charge is 2.30. The van der Waals surface area contributed by atoms with Crippen molar-refractivity contribution in [3.63, 3.8) is 0 Å². The molecule has 0 atom stereocenters. The molecule has 0 spiro atoms. The number of nitrogens with zero attached hydrogens (tertiary/aromatic N) is 1. The molecule has 8 nitrogen and oxygen atoms in total. The Balaban J connectivity index is 1.92. The third kappa shape index (κ3) is 5.09. The first-order valence-electron chi connectivity index (χ1n) is 8.41. The van der Waals surface area contributed by atoms with Crippen LogP contribution in [0.1, 0.15) is 12.8 Å². The van der Waals surface area contributed by atoms with Crippen LogP contribution < -0.4 is 14.8 Å². The number of carbonyl (C=O) groups excluding carboxylic acids is 1. The number of benzene rings is 1. The molecule has 1 amide bonds. The van der Waals surface area contributed by atoms with Gasteiger partial charge in [0, 0.05) is 37.9 Å². The lowest BCUT2D eigenvalue weighted by molar-refractivity contribution is -0.120. The summed E-state index contributed by atoms with van der Waals surface area (Å²) < 4.78 is 41.0. The summed E-state index contributed by atoms with van der Waals surface area (Å²) in [5, 5.41) is 2.86. The average molecular weight is 386 g/mol.